The summed E-state index contributed by atoms with van der Waals surface area (Å²) in [6, 6.07) is 5.96. The third-order valence-corrected chi connectivity index (χ3v) is 4.34. The van der Waals surface area contributed by atoms with Crippen LogP contribution in [0.4, 0.5) is 0 Å². The molecule has 0 saturated carbocycles. The lowest BCUT2D eigenvalue weighted by Crippen LogP contribution is -2.02. The molecule has 110 valence electrons. The number of H-pyrrole nitrogens is 1. The molecule has 0 unspecified atom stereocenters. The highest BCUT2D eigenvalue weighted by molar-refractivity contribution is 6.35. The van der Waals surface area contributed by atoms with Gasteiger partial charge in [0.25, 0.3) is 0 Å². The van der Waals surface area contributed by atoms with E-state index in [0.29, 0.717) is 33.1 Å². The minimum absolute atomic E-state index is 0.467. The molecule has 5 rings (SSSR count). The molecule has 7 nitrogen and oxygen atoms in total. The maximum Gasteiger partial charge on any atom is 0.151 e. The van der Waals surface area contributed by atoms with Crippen LogP contribution < -0.4 is 0 Å². The van der Waals surface area contributed by atoms with Crippen LogP contribution in [0.5, 0.6) is 0 Å². The van der Waals surface area contributed by atoms with Gasteiger partial charge < -0.3 is 0 Å². The van der Waals surface area contributed by atoms with Crippen LogP contribution in [0.25, 0.3) is 33.1 Å². The summed E-state index contributed by atoms with van der Waals surface area (Å²) in [5.41, 5.74) is 3.32. The van der Waals surface area contributed by atoms with Crippen molar-refractivity contribution in [1.29, 1.82) is 5.26 Å². The van der Waals surface area contributed by atoms with E-state index in [1.165, 1.54) is 0 Å². The molecule has 4 aromatic heterocycles. The molecule has 0 amide bonds. The van der Waals surface area contributed by atoms with Crippen molar-refractivity contribution in [3.63, 3.8) is 0 Å². The van der Waals surface area contributed by atoms with Gasteiger partial charge in [-0.15, -0.1) is 0 Å². The number of nitriles is 1. The molecule has 0 aliphatic carbocycles. The zero-order valence-electron chi connectivity index (χ0n) is 11.9. The minimum Gasteiger partial charge on any atom is -0.274 e. The highest BCUT2D eigenvalue weighted by Gasteiger charge is 2.20. The Morgan fingerprint density at radius 3 is 2.96 bits per heavy atom. The number of hydrogen-bond acceptors (Lipinski definition) is 4. The summed E-state index contributed by atoms with van der Waals surface area (Å²) in [4.78, 5) is 8.72. The van der Waals surface area contributed by atoms with Gasteiger partial charge in [0.1, 0.15) is 23.0 Å². The van der Waals surface area contributed by atoms with Gasteiger partial charge in [0, 0.05) is 11.6 Å². The van der Waals surface area contributed by atoms with Gasteiger partial charge in [-0.3, -0.25) is 9.50 Å². The van der Waals surface area contributed by atoms with Crippen LogP contribution >= 0.6 is 11.6 Å². The standard InChI is InChI=1S/C15H8ClN7/c1-7-18-6-10-9(4-17)15-21-23-12-8(5-19-23)2-3-11(16)13(12)22(15)14(10)20-7/h2-3,5-6,21H,1H3. The Bertz CT molecular complexity index is 1300. The Morgan fingerprint density at radius 2 is 2.13 bits per heavy atom. The van der Waals surface area contributed by atoms with Gasteiger partial charge in [-0.05, 0) is 19.1 Å². The van der Waals surface area contributed by atoms with E-state index in [1.54, 1.807) is 17.0 Å². The number of benzene rings is 1. The number of aromatic amines is 1. The maximum atomic E-state index is 9.59. The Hall–Kier alpha value is -3.11. The Kier molecular flexibility index (Phi) is 2.16. The Balaban J connectivity index is 2.24. The van der Waals surface area contributed by atoms with Crippen molar-refractivity contribution in [3.05, 3.63) is 40.9 Å². The van der Waals surface area contributed by atoms with E-state index in [1.807, 2.05) is 23.5 Å². The molecule has 0 fully saturated rings. The van der Waals surface area contributed by atoms with Gasteiger partial charge in [0.05, 0.1) is 22.1 Å². The van der Waals surface area contributed by atoms with Gasteiger partial charge >= 0.3 is 0 Å². The molecule has 1 aromatic carbocycles. The number of aromatic nitrogens is 6. The monoisotopic (exact) mass is 321 g/mol. The molecule has 0 atom stereocenters. The highest BCUT2D eigenvalue weighted by atomic mass is 35.5. The molecule has 0 aliphatic heterocycles. The molecule has 4 heterocycles. The zero-order chi connectivity index (χ0) is 15.7. The molecular weight excluding hydrogens is 314 g/mol. The predicted molar refractivity (Wildman–Crippen MR) is 85.6 cm³/mol. The van der Waals surface area contributed by atoms with Crippen LogP contribution in [-0.2, 0) is 0 Å². The molecule has 8 heteroatoms. The molecule has 0 spiro atoms. The average molecular weight is 322 g/mol. The summed E-state index contributed by atoms with van der Waals surface area (Å²) < 4.78 is 3.50. The minimum atomic E-state index is 0.467. The SMILES string of the molecule is Cc1ncc2c(C#N)c3[nH]n4ncc5ccc(Cl)c(c54)n3c2n1. The number of aryl methyl sites for hydroxylation is 1. The number of hydrogen-bond donors (Lipinski definition) is 1. The van der Waals surface area contributed by atoms with Crippen molar-refractivity contribution >= 4 is 44.7 Å². The Morgan fingerprint density at radius 1 is 1.26 bits per heavy atom. The topological polar surface area (TPSA) is 87.1 Å². The molecular formula is C15H8ClN7. The molecule has 0 radical (unpaired) electrons. The van der Waals surface area contributed by atoms with Crippen LogP contribution in [0.15, 0.2) is 24.5 Å². The largest absolute Gasteiger partial charge is 0.274 e. The fraction of sp³-hybridized carbons (Fsp3) is 0.0667. The summed E-state index contributed by atoms with van der Waals surface area (Å²) in [6.45, 7) is 1.81. The zero-order valence-corrected chi connectivity index (χ0v) is 12.6. The fourth-order valence-electron chi connectivity index (χ4n) is 3.06. The van der Waals surface area contributed by atoms with E-state index in [-0.39, 0.29) is 0 Å². The first-order valence-corrected chi connectivity index (χ1v) is 7.28. The Labute approximate surface area is 133 Å². The number of fused-ring (bicyclic) bond motifs is 4. The van der Waals surface area contributed by atoms with E-state index in [4.69, 9.17) is 11.6 Å². The number of nitrogens with zero attached hydrogens (tertiary/aromatic N) is 6. The molecule has 0 bridgehead atoms. The smallest absolute Gasteiger partial charge is 0.151 e. The third-order valence-electron chi connectivity index (χ3n) is 4.04. The summed E-state index contributed by atoms with van der Waals surface area (Å²) in [5.74, 6) is 0.629. The predicted octanol–water partition coefficient (Wildman–Crippen LogP) is 2.85. The second kappa shape index (κ2) is 4.00. The molecule has 0 saturated heterocycles. The molecule has 23 heavy (non-hydrogen) atoms. The lowest BCUT2D eigenvalue weighted by molar-refractivity contribution is 0.806. The first-order valence-electron chi connectivity index (χ1n) is 6.91. The summed E-state index contributed by atoms with van der Waals surface area (Å²) in [7, 11) is 0. The molecule has 5 aromatic rings. The van der Waals surface area contributed by atoms with E-state index >= 15 is 0 Å². The van der Waals surface area contributed by atoms with E-state index in [2.05, 4.69) is 26.2 Å². The summed E-state index contributed by atoms with van der Waals surface area (Å²) >= 11 is 6.47. The quantitative estimate of drug-likeness (QED) is 0.475. The summed E-state index contributed by atoms with van der Waals surface area (Å²) in [6.07, 6.45) is 3.42. The fourth-order valence-corrected chi connectivity index (χ4v) is 3.30. The number of rotatable bonds is 0. The van der Waals surface area contributed by atoms with Crippen molar-refractivity contribution in [2.24, 2.45) is 0 Å². The number of nitrogens with one attached hydrogen (secondary N) is 1. The first kappa shape index (κ1) is 12.4. The third kappa shape index (κ3) is 1.41. The van der Waals surface area contributed by atoms with Crippen LogP contribution in [0.3, 0.4) is 0 Å². The van der Waals surface area contributed by atoms with Crippen LogP contribution in [0, 0.1) is 18.3 Å². The highest BCUT2D eigenvalue weighted by Crippen LogP contribution is 2.32. The molecule has 1 N–H and O–H groups in total. The van der Waals surface area contributed by atoms with Gasteiger partial charge in [-0.25, -0.2) is 9.97 Å². The van der Waals surface area contributed by atoms with Crippen molar-refractivity contribution in [2.45, 2.75) is 6.92 Å². The second-order valence-electron chi connectivity index (χ2n) is 5.33. The van der Waals surface area contributed by atoms with Gasteiger partial charge in [-0.2, -0.15) is 15.0 Å². The maximum absolute atomic E-state index is 9.59. The van der Waals surface area contributed by atoms with Crippen LogP contribution in [0.1, 0.15) is 11.4 Å². The number of halogens is 1. The lowest BCUT2D eigenvalue weighted by Gasteiger charge is -2.07. The normalized spacial score (nSPS) is 11.9. The van der Waals surface area contributed by atoms with Gasteiger partial charge in [-0.1, -0.05) is 11.6 Å². The van der Waals surface area contributed by atoms with E-state index in [9.17, 15) is 5.26 Å². The lowest BCUT2D eigenvalue weighted by atomic mass is 10.2. The van der Waals surface area contributed by atoms with Gasteiger partial charge in [0.2, 0.25) is 0 Å². The van der Waals surface area contributed by atoms with Crippen molar-refractivity contribution in [1.82, 2.24) is 29.2 Å². The summed E-state index contributed by atoms with van der Waals surface area (Å²) in [5, 5.41) is 19.3. The van der Waals surface area contributed by atoms with Crippen LogP contribution in [-0.4, -0.2) is 29.2 Å². The van der Waals surface area contributed by atoms with Gasteiger partial charge in [0.15, 0.2) is 11.3 Å². The second-order valence-corrected chi connectivity index (χ2v) is 5.73. The van der Waals surface area contributed by atoms with Crippen molar-refractivity contribution < 1.29 is 0 Å². The molecule has 0 aliphatic rings. The first-order chi connectivity index (χ1) is 11.2. The van der Waals surface area contributed by atoms with Crippen molar-refractivity contribution in [2.75, 3.05) is 0 Å². The van der Waals surface area contributed by atoms with Crippen molar-refractivity contribution in [3.8, 4) is 6.07 Å². The van der Waals surface area contributed by atoms with E-state index < -0.39 is 0 Å². The average Bonchev–Trinajstić information content (AvgIpc) is 3.09. The van der Waals surface area contributed by atoms with E-state index in [0.717, 1.165) is 16.4 Å². The van der Waals surface area contributed by atoms with Crippen LogP contribution in [0.2, 0.25) is 5.02 Å².